The lowest BCUT2D eigenvalue weighted by atomic mass is 10.0. The quantitative estimate of drug-likeness (QED) is 0.834. The van der Waals surface area contributed by atoms with Crippen LogP contribution < -0.4 is 16.1 Å². The Kier molecular flexibility index (Phi) is 4.70. The van der Waals surface area contributed by atoms with Crippen molar-refractivity contribution in [2.24, 2.45) is 5.92 Å². The topological polar surface area (TPSA) is 32.9 Å². The number of allylic oxidation sites excluding steroid dienone is 2. The second kappa shape index (κ2) is 6.04. The lowest BCUT2D eigenvalue weighted by molar-refractivity contribution is 0.641. The number of pyridine rings is 1. The monoisotopic (exact) mass is 229 g/mol. The zero-order valence-electron chi connectivity index (χ0n) is 10.5. The fraction of sp³-hybridized carbons (Fsp3) is 0.267. The predicted molar refractivity (Wildman–Crippen MR) is 74.2 cm³/mol. The highest BCUT2D eigenvalue weighted by Crippen LogP contribution is 1.99. The van der Waals surface area contributed by atoms with E-state index in [4.69, 9.17) is 0 Å². The van der Waals surface area contributed by atoms with Crippen molar-refractivity contribution in [3.05, 3.63) is 57.9 Å². The molecule has 0 saturated carbocycles. The maximum absolute atomic E-state index is 11.9. The van der Waals surface area contributed by atoms with E-state index in [9.17, 15) is 4.79 Å². The normalized spacial score (nSPS) is 13.1. The minimum absolute atomic E-state index is 0.0204. The number of aromatic nitrogens is 1. The van der Waals surface area contributed by atoms with Gasteiger partial charge in [-0.25, -0.2) is 0 Å². The summed E-state index contributed by atoms with van der Waals surface area (Å²) in [6, 6.07) is 1.93. The molecule has 1 aromatic heterocycles. The largest absolute Gasteiger partial charge is 0.322 e. The molecule has 0 amide bonds. The third kappa shape index (κ3) is 3.59. The molecule has 0 atom stereocenters. The van der Waals surface area contributed by atoms with Gasteiger partial charge in [0.2, 0.25) is 0 Å². The van der Waals surface area contributed by atoms with Crippen molar-refractivity contribution in [2.75, 3.05) is 0 Å². The summed E-state index contributed by atoms with van der Waals surface area (Å²) in [6.45, 7) is 11.5. The lowest BCUT2D eigenvalue weighted by Gasteiger charge is -2.03. The highest BCUT2D eigenvalue weighted by molar-refractivity contribution is 5.41. The van der Waals surface area contributed by atoms with E-state index in [0.29, 0.717) is 5.92 Å². The summed E-state index contributed by atoms with van der Waals surface area (Å²) >= 11 is 0. The lowest BCUT2D eigenvalue weighted by Crippen LogP contribution is -2.36. The molecule has 0 spiro atoms. The highest BCUT2D eigenvalue weighted by Gasteiger charge is 2.02. The number of hydrogen-bond donors (Lipinski definition) is 1. The minimum Gasteiger partial charge on any atom is -0.322 e. The van der Waals surface area contributed by atoms with Crippen molar-refractivity contribution in [3.8, 4) is 0 Å². The van der Waals surface area contributed by atoms with Crippen LogP contribution in [0.4, 0.5) is 0 Å². The van der Waals surface area contributed by atoms with Gasteiger partial charge in [-0.2, -0.15) is 0 Å². The SMILES string of the molecule is C=C/C=c1/cc(CC(C)C)c(=O)[nH]/c1=C/C=C. The molecule has 2 nitrogen and oxygen atoms in total. The van der Waals surface area contributed by atoms with Gasteiger partial charge in [0.1, 0.15) is 0 Å². The molecule has 1 N–H and O–H groups in total. The van der Waals surface area contributed by atoms with Crippen LogP contribution in [0.3, 0.4) is 0 Å². The molecule has 0 saturated heterocycles. The Balaban J connectivity index is 3.51. The molecule has 0 aliphatic heterocycles. The van der Waals surface area contributed by atoms with Gasteiger partial charge >= 0.3 is 0 Å². The fourth-order valence-corrected chi connectivity index (χ4v) is 1.72. The average Bonchev–Trinajstić information content (AvgIpc) is 2.24. The maximum Gasteiger partial charge on any atom is 0.251 e. The first kappa shape index (κ1) is 13.2. The molecule has 1 heterocycles. The van der Waals surface area contributed by atoms with Gasteiger partial charge in [0, 0.05) is 10.9 Å². The molecule has 2 heteroatoms. The van der Waals surface area contributed by atoms with Crippen molar-refractivity contribution in [3.63, 3.8) is 0 Å². The maximum atomic E-state index is 11.9. The van der Waals surface area contributed by atoms with Crippen molar-refractivity contribution < 1.29 is 0 Å². The Labute approximate surface area is 102 Å². The Bertz CT molecular complexity index is 576. The van der Waals surface area contributed by atoms with Crippen LogP contribution in [0, 0.1) is 5.92 Å². The first-order chi connectivity index (χ1) is 8.08. The van der Waals surface area contributed by atoms with Crippen LogP contribution in [-0.4, -0.2) is 4.98 Å². The minimum atomic E-state index is -0.0204. The van der Waals surface area contributed by atoms with Crippen molar-refractivity contribution >= 4 is 12.2 Å². The van der Waals surface area contributed by atoms with E-state index < -0.39 is 0 Å². The Morgan fingerprint density at radius 3 is 2.47 bits per heavy atom. The summed E-state index contributed by atoms with van der Waals surface area (Å²) in [5, 5.41) is 1.74. The number of nitrogens with one attached hydrogen (secondary N) is 1. The molecule has 0 bridgehead atoms. The molecular weight excluding hydrogens is 210 g/mol. The molecule has 0 aliphatic carbocycles. The summed E-state index contributed by atoms with van der Waals surface area (Å²) in [5.41, 5.74) is 0.794. The van der Waals surface area contributed by atoms with Crippen LogP contribution in [0.5, 0.6) is 0 Å². The van der Waals surface area contributed by atoms with Crippen molar-refractivity contribution in [1.82, 2.24) is 4.98 Å². The Hall–Kier alpha value is -1.83. The van der Waals surface area contributed by atoms with Crippen LogP contribution in [-0.2, 0) is 6.42 Å². The molecular formula is C15H19NO. The average molecular weight is 229 g/mol. The van der Waals surface area contributed by atoms with Gasteiger partial charge in [0.15, 0.2) is 0 Å². The fourth-order valence-electron chi connectivity index (χ4n) is 1.72. The Morgan fingerprint density at radius 1 is 1.29 bits per heavy atom. The zero-order chi connectivity index (χ0) is 12.8. The van der Waals surface area contributed by atoms with Gasteiger partial charge in [-0.3, -0.25) is 4.79 Å². The van der Waals surface area contributed by atoms with E-state index in [2.05, 4.69) is 32.0 Å². The first-order valence-electron chi connectivity index (χ1n) is 5.76. The van der Waals surface area contributed by atoms with E-state index in [-0.39, 0.29) is 5.56 Å². The van der Waals surface area contributed by atoms with E-state index in [1.807, 2.05) is 12.1 Å². The molecule has 90 valence electrons. The molecule has 0 aromatic carbocycles. The molecule has 1 rings (SSSR count). The number of H-pyrrole nitrogens is 1. The van der Waals surface area contributed by atoms with E-state index in [1.54, 1.807) is 18.2 Å². The van der Waals surface area contributed by atoms with Crippen LogP contribution in [0.2, 0.25) is 0 Å². The van der Waals surface area contributed by atoms with E-state index in [1.165, 1.54) is 0 Å². The third-order valence-corrected chi connectivity index (χ3v) is 2.39. The van der Waals surface area contributed by atoms with Gasteiger partial charge in [0.25, 0.3) is 5.56 Å². The van der Waals surface area contributed by atoms with Crippen molar-refractivity contribution in [1.29, 1.82) is 0 Å². The second-order valence-electron chi connectivity index (χ2n) is 4.40. The van der Waals surface area contributed by atoms with Crippen LogP contribution >= 0.6 is 0 Å². The molecule has 0 fully saturated rings. The van der Waals surface area contributed by atoms with E-state index in [0.717, 1.165) is 22.6 Å². The Morgan fingerprint density at radius 2 is 1.94 bits per heavy atom. The summed E-state index contributed by atoms with van der Waals surface area (Å²) in [6.07, 6.45) is 7.83. The van der Waals surface area contributed by atoms with Gasteiger partial charge in [0.05, 0.1) is 0 Å². The standard InChI is InChI=1S/C15H19NO/c1-5-7-12-10-13(9-11(3)4)15(17)16-14(12)8-6-2/h5-8,10-11H,1-2,9H2,3-4H3,(H,16,17)/b12-7-,14-8+. The van der Waals surface area contributed by atoms with Gasteiger partial charge in [-0.15, -0.1) is 0 Å². The molecule has 1 aromatic rings. The number of rotatable bonds is 4. The van der Waals surface area contributed by atoms with Gasteiger partial charge < -0.3 is 4.98 Å². The van der Waals surface area contributed by atoms with Crippen molar-refractivity contribution in [2.45, 2.75) is 20.3 Å². The third-order valence-electron chi connectivity index (χ3n) is 2.39. The number of aromatic amines is 1. The molecule has 0 aliphatic rings. The van der Waals surface area contributed by atoms with Crippen LogP contribution in [0.15, 0.2) is 36.2 Å². The second-order valence-corrected chi connectivity index (χ2v) is 4.40. The highest BCUT2D eigenvalue weighted by atomic mass is 16.1. The molecule has 17 heavy (non-hydrogen) atoms. The first-order valence-corrected chi connectivity index (χ1v) is 5.76. The summed E-state index contributed by atoms with van der Waals surface area (Å²) in [7, 11) is 0. The van der Waals surface area contributed by atoms with Crippen LogP contribution in [0.25, 0.3) is 12.2 Å². The zero-order valence-corrected chi connectivity index (χ0v) is 10.5. The van der Waals surface area contributed by atoms with Gasteiger partial charge in [-0.05, 0) is 29.7 Å². The number of hydrogen-bond acceptors (Lipinski definition) is 1. The van der Waals surface area contributed by atoms with Crippen LogP contribution in [0.1, 0.15) is 19.4 Å². The predicted octanol–water partition coefficient (Wildman–Crippen LogP) is 1.51. The smallest absolute Gasteiger partial charge is 0.251 e. The summed E-state index contributed by atoms with van der Waals surface area (Å²) < 4.78 is 0. The van der Waals surface area contributed by atoms with E-state index >= 15 is 0 Å². The van der Waals surface area contributed by atoms with Gasteiger partial charge in [-0.1, -0.05) is 45.2 Å². The summed E-state index contributed by atoms with van der Waals surface area (Å²) in [4.78, 5) is 14.7. The molecule has 0 unspecified atom stereocenters. The molecule has 0 radical (unpaired) electrons. The summed E-state index contributed by atoms with van der Waals surface area (Å²) in [5.74, 6) is 0.460.